The zero-order chi connectivity index (χ0) is 8.10. The molecule has 0 aliphatic rings. The van der Waals surface area contributed by atoms with Crippen LogP contribution < -0.4 is 0 Å². The summed E-state index contributed by atoms with van der Waals surface area (Å²) in [5.74, 6) is -0.810. The number of aromatic nitrogens is 2. The normalized spacial score (nSPS) is 8.67. The second-order valence-corrected chi connectivity index (χ2v) is 2.09. The average Bonchev–Trinajstić information content (AvgIpc) is 2.03. The number of aryl methyl sites for hydroxylation is 1. The highest BCUT2D eigenvalue weighted by Crippen LogP contribution is 1.95. The van der Waals surface area contributed by atoms with Crippen LogP contribution in [0.4, 0.5) is 0 Å². The Bertz CT molecular complexity index is 240. The smallest absolute Gasteiger partial charge is 0.303 e. The topological polar surface area (TPSA) is 63.1 Å². The predicted octanol–water partition coefficient (Wildman–Crippen LogP) is 0.916. The Balaban J connectivity index is 0.00000121. The zero-order valence-electron chi connectivity index (χ0n) is 6.30. The van der Waals surface area contributed by atoms with Gasteiger partial charge < -0.3 is 5.11 Å². The van der Waals surface area contributed by atoms with Crippen molar-refractivity contribution in [2.75, 3.05) is 0 Å². The van der Waals surface area contributed by atoms with E-state index in [4.69, 9.17) is 5.11 Å². The Morgan fingerprint density at radius 1 is 1.50 bits per heavy atom. The van der Waals surface area contributed by atoms with E-state index in [1.165, 1.54) is 0 Å². The molecule has 0 saturated carbocycles. The van der Waals surface area contributed by atoms with E-state index in [1.807, 2.05) is 0 Å². The summed E-state index contributed by atoms with van der Waals surface area (Å²) in [6.07, 6.45) is 5.24. The van der Waals surface area contributed by atoms with E-state index in [2.05, 4.69) is 9.97 Å². The summed E-state index contributed by atoms with van der Waals surface area (Å²) in [6.45, 7) is 0. The minimum absolute atomic E-state index is 0. The second kappa shape index (κ2) is 5.49. The van der Waals surface area contributed by atoms with Crippen LogP contribution in [-0.4, -0.2) is 21.0 Å². The van der Waals surface area contributed by atoms with Gasteiger partial charge in [0.2, 0.25) is 0 Å². The van der Waals surface area contributed by atoms with Crippen LogP contribution in [0.3, 0.4) is 0 Å². The van der Waals surface area contributed by atoms with Crippen LogP contribution in [0.1, 0.15) is 12.1 Å². The van der Waals surface area contributed by atoms with Crippen molar-refractivity contribution in [3.05, 3.63) is 24.3 Å². The molecule has 1 aromatic heterocycles. The molecule has 0 atom stereocenters. The highest BCUT2D eigenvalue weighted by Gasteiger charge is 1.98. The monoisotopic (exact) mass is 188 g/mol. The number of carboxylic acid groups (broad SMARTS) is 1. The minimum atomic E-state index is -0.810. The molecular formula is C7H9ClN2O2. The molecule has 0 aromatic carbocycles. The van der Waals surface area contributed by atoms with Crippen LogP contribution in [0.2, 0.25) is 0 Å². The van der Waals surface area contributed by atoms with Crippen molar-refractivity contribution in [3.63, 3.8) is 0 Å². The molecule has 0 bridgehead atoms. The molecule has 1 N–H and O–H groups in total. The number of rotatable bonds is 3. The van der Waals surface area contributed by atoms with E-state index in [-0.39, 0.29) is 18.8 Å². The summed E-state index contributed by atoms with van der Waals surface area (Å²) in [7, 11) is 0. The summed E-state index contributed by atoms with van der Waals surface area (Å²) in [4.78, 5) is 17.9. The Kier molecular flexibility index (Phi) is 4.96. The van der Waals surface area contributed by atoms with Gasteiger partial charge in [-0.2, -0.15) is 0 Å². The van der Waals surface area contributed by atoms with Crippen LogP contribution in [0.5, 0.6) is 0 Å². The first-order chi connectivity index (χ1) is 5.29. The van der Waals surface area contributed by atoms with Gasteiger partial charge in [-0.25, -0.2) is 0 Å². The number of nitrogens with zero attached hydrogens (tertiary/aromatic N) is 2. The molecule has 66 valence electrons. The number of halogens is 1. The third-order valence-electron chi connectivity index (χ3n) is 1.21. The highest BCUT2D eigenvalue weighted by molar-refractivity contribution is 5.85. The molecule has 0 saturated heterocycles. The molecule has 0 spiro atoms. The standard InChI is InChI=1S/C7H8N2O2.ClH/c10-7(11)2-1-6-5-8-3-4-9-6;/h3-5H,1-2H2,(H,10,11);1H. The maximum Gasteiger partial charge on any atom is 0.303 e. The second-order valence-electron chi connectivity index (χ2n) is 2.09. The summed E-state index contributed by atoms with van der Waals surface area (Å²) in [5.41, 5.74) is 0.718. The lowest BCUT2D eigenvalue weighted by Crippen LogP contribution is -1.99. The van der Waals surface area contributed by atoms with Gasteiger partial charge in [-0.1, -0.05) is 0 Å². The lowest BCUT2D eigenvalue weighted by atomic mass is 10.2. The molecule has 1 heterocycles. The molecular weight excluding hydrogens is 180 g/mol. The van der Waals surface area contributed by atoms with Gasteiger partial charge in [-0.05, 0) is 0 Å². The molecule has 1 aromatic rings. The van der Waals surface area contributed by atoms with Crippen molar-refractivity contribution in [1.29, 1.82) is 0 Å². The molecule has 0 amide bonds. The van der Waals surface area contributed by atoms with E-state index >= 15 is 0 Å². The maximum atomic E-state index is 10.1. The van der Waals surface area contributed by atoms with Crippen LogP contribution in [0, 0.1) is 0 Å². The van der Waals surface area contributed by atoms with Gasteiger partial charge in [0.25, 0.3) is 0 Å². The molecule has 0 aliphatic carbocycles. The third kappa shape index (κ3) is 3.88. The van der Waals surface area contributed by atoms with E-state index < -0.39 is 5.97 Å². The van der Waals surface area contributed by atoms with Crippen molar-refractivity contribution in [2.24, 2.45) is 0 Å². The Labute approximate surface area is 76.1 Å². The number of carboxylic acids is 1. The molecule has 0 radical (unpaired) electrons. The Hall–Kier alpha value is -1.16. The van der Waals surface area contributed by atoms with Crippen molar-refractivity contribution < 1.29 is 9.90 Å². The highest BCUT2D eigenvalue weighted by atomic mass is 35.5. The van der Waals surface area contributed by atoms with Gasteiger partial charge in [-0.15, -0.1) is 12.4 Å². The minimum Gasteiger partial charge on any atom is -0.481 e. The number of hydrogen-bond donors (Lipinski definition) is 1. The molecule has 0 unspecified atom stereocenters. The van der Waals surface area contributed by atoms with Crippen LogP contribution in [0.15, 0.2) is 18.6 Å². The summed E-state index contributed by atoms with van der Waals surface area (Å²) in [5, 5.41) is 8.33. The van der Waals surface area contributed by atoms with Crippen molar-refractivity contribution in [3.8, 4) is 0 Å². The van der Waals surface area contributed by atoms with Crippen molar-refractivity contribution >= 4 is 18.4 Å². The van der Waals surface area contributed by atoms with Gasteiger partial charge in [-0.3, -0.25) is 14.8 Å². The molecule has 0 aliphatic heterocycles. The number of carbonyl (C=O) groups is 1. The van der Waals surface area contributed by atoms with Gasteiger partial charge in [0, 0.05) is 25.0 Å². The first-order valence-corrected chi connectivity index (χ1v) is 3.26. The van der Waals surface area contributed by atoms with Crippen LogP contribution in [0.25, 0.3) is 0 Å². The van der Waals surface area contributed by atoms with E-state index in [0.717, 1.165) is 5.69 Å². The van der Waals surface area contributed by atoms with Gasteiger partial charge >= 0.3 is 5.97 Å². The van der Waals surface area contributed by atoms with E-state index in [0.29, 0.717) is 6.42 Å². The molecule has 4 nitrogen and oxygen atoms in total. The number of hydrogen-bond acceptors (Lipinski definition) is 3. The van der Waals surface area contributed by atoms with Crippen LogP contribution in [-0.2, 0) is 11.2 Å². The SMILES string of the molecule is Cl.O=C(O)CCc1cnccn1. The first-order valence-electron chi connectivity index (χ1n) is 3.26. The van der Waals surface area contributed by atoms with Crippen LogP contribution >= 0.6 is 12.4 Å². The van der Waals surface area contributed by atoms with E-state index in [9.17, 15) is 4.79 Å². The molecule has 5 heteroatoms. The maximum absolute atomic E-state index is 10.1. The van der Waals surface area contributed by atoms with Crippen molar-refractivity contribution in [1.82, 2.24) is 9.97 Å². The summed E-state index contributed by atoms with van der Waals surface area (Å²) < 4.78 is 0. The fourth-order valence-corrected chi connectivity index (χ4v) is 0.694. The first kappa shape index (κ1) is 10.8. The fraction of sp³-hybridized carbons (Fsp3) is 0.286. The van der Waals surface area contributed by atoms with E-state index in [1.54, 1.807) is 18.6 Å². The lowest BCUT2D eigenvalue weighted by Gasteiger charge is -1.93. The van der Waals surface area contributed by atoms with Gasteiger partial charge in [0.05, 0.1) is 12.1 Å². The molecule has 0 fully saturated rings. The van der Waals surface area contributed by atoms with Gasteiger partial charge in [0.15, 0.2) is 0 Å². The summed E-state index contributed by atoms with van der Waals surface area (Å²) in [6, 6.07) is 0. The van der Waals surface area contributed by atoms with Crippen molar-refractivity contribution in [2.45, 2.75) is 12.8 Å². The fourth-order valence-electron chi connectivity index (χ4n) is 0.694. The Morgan fingerprint density at radius 3 is 2.75 bits per heavy atom. The largest absolute Gasteiger partial charge is 0.481 e. The predicted molar refractivity (Wildman–Crippen MR) is 45.2 cm³/mol. The quantitative estimate of drug-likeness (QED) is 0.766. The van der Waals surface area contributed by atoms with Gasteiger partial charge in [0.1, 0.15) is 0 Å². The number of aliphatic carboxylic acids is 1. The third-order valence-corrected chi connectivity index (χ3v) is 1.21. The summed E-state index contributed by atoms with van der Waals surface area (Å²) >= 11 is 0. The average molecular weight is 189 g/mol. The zero-order valence-corrected chi connectivity index (χ0v) is 7.12. The Morgan fingerprint density at radius 2 is 2.25 bits per heavy atom. The molecule has 1 rings (SSSR count). The lowest BCUT2D eigenvalue weighted by molar-refractivity contribution is -0.136. The molecule has 12 heavy (non-hydrogen) atoms.